The fourth-order valence-corrected chi connectivity index (χ4v) is 3.85. The predicted molar refractivity (Wildman–Crippen MR) is 102 cm³/mol. The number of thioether (sulfide) groups is 1. The quantitative estimate of drug-likeness (QED) is 0.818. The summed E-state index contributed by atoms with van der Waals surface area (Å²) in [6, 6.07) is 9.97. The predicted octanol–water partition coefficient (Wildman–Crippen LogP) is 4.50. The van der Waals surface area contributed by atoms with Crippen molar-refractivity contribution in [1.29, 1.82) is 0 Å². The van der Waals surface area contributed by atoms with Crippen molar-refractivity contribution in [3.05, 3.63) is 47.0 Å². The van der Waals surface area contributed by atoms with Gasteiger partial charge in [0.05, 0.1) is 5.25 Å². The van der Waals surface area contributed by atoms with E-state index in [1.807, 2.05) is 39.0 Å². The summed E-state index contributed by atoms with van der Waals surface area (Å²) in [5, 5.41) is 2.85. The molecule has 0 saturated heterocycles. The van der Waals surface area contributed by atoms with Crippen LogP contribution in [0, 0.1) is 20.8 Å². The van der Waals surface area contributed by atoms with Gasteiger partial charge in [-0.3, -0.25) is 4.79 Å². The minimum Gasteiger partial charge on any atom is -0.486 e. The van der Waals surface area contributed by atoms with E-state index in [1.165, 1.54) is 17.3 Å². The molecule has 1 atom stereocenters. The molecule has 2 aromatic rings. The first-order valence-corrected chi connectivity index (χ1v) is 9.27. The smallest absolute Gasteiger partial charge is 0.237 e. The van der Waals surface area contributed by atoms with Crippen LogP contribution in [0.5, 0.6) is 11.5 Å². The first-order chi connectivity index (χ1) is 11.9. The van der Waals surface area contributed by atoms with Crippen LogP contribution in [0.25, 0.3) is 0 Å². The molecular weight excluding hydrogens is 334 g/mol. The molecule has 5 heteroatoms. The SMILES string of the molecule is Cc1cc(C)c(NC(=O)C(C)Sc2ccc3c(c2)OCCO3)c(C)c1. The number of ether oxygens (including phenoxy) is 2. The Morgan fingerprint density at radius 1 is 1.04 bits per heavy atom. The summed E-state index contributed by atoms with van der Waals surface area (Å²) in [6.07, 6.45) is 0. The zero-order valence-electron chi connectivity index (χ0n) is 15.0. The minimum absolute atomic E-state index is 0.00468. The van der Waals surface area contributed by atoms with E-state index in [-0.39, 0.29) is 11.2 Å². The van der Waals surface area contributed by atoms with Gasteiger partial charge >= 0.3 is 0 Å². The molecule has 1 aliphatic rings. The van der Waals surface area contributed by atoms with Crippen molar-refractivity contribution in [2.75, 3.05) is 18.5 Å². The summed E-state index contributed by atoms with van der Waals surface area (Å²) in [5.41, 5.74) is 4.28. The number of nitrogens with one attached hydrogen (secondary N) is 1. The number of hydrogen-bond donors (Lipinski definition) is 1. The average molecular weight is 357 g/mol. The number of fused-ring (bicyclic) bond motifs is 1. The highest BCUT2D eigenvalue weighted by molar-refractivity contribution is 8.00. The molecule has 2 aromatic carbocycles. The molecule has 25 heavy (non-hydrogen) atoms. The Morgan fingerprint density at radius 2 is 1.68 bits per heavy atom. The van der Waals surface area contributed by atoms with E-state index in [4.69, 9.17) is 9.47 Å². The van der Waals surface area contributed by atoms with Crippen LogP contribution >= 0.6 is 11.8 Å². The molecule has 4 nitrogen and oxygen atoms in total. The molecule has 0 bridgehead atoms. The molecule has 0 aromatic heterocycles. The van der Waals surface area contributed by atoms with E-state index in [1.54, 1.807) is 0 Å². The van der Waals surface area contributed by atoms with Crippen molar-refractivity contribution < 1.29 is 14.3 Å². The number of aryl methyl sites for hydroxylation is 3. The van der Waals surface area contributed by atoms with Crippen LogP contribution in [0.2, 0.25) is 0 Å². The van der Waals surface area contributed by atoms with E-state index in [9.17, 15) is 4.79 Å². The van der Waals surface area contributed by atoms with Crippen LogP contribution in [0.3, 0.4) is 0 Å². The number of amides is 1. The van der Waals surface area contributed by atoms with Gasteiger partial charge in [0, 0.05) is 10.6 Å². The largest absolute Gasteiger partial charge is 0.486 e. The molecular formula is C20H23NO3S. The Morgan fingerprint density at radius 3 is 2.36 bits per heavy atom. The molecule has 0 spiro atoms. The van der Waals surface area contributed by atoms with Crippen molar-refractivity contribution in [2.45, 2.75) is 37.8 Å². The zero-order valence-corrected chi connectivity index (χ0v) is 15.8. The van der Waals surface area contributed by atoms with E-state index in [2.05, 4.69) is 24.4 Å². The second-order valence-corrected chi connectivity index (χ2v) is 7.74. The van der Waals surface area contributed by atoms with Gasteiger partial charge in [-0.15, -0.1) is 11.8 Å². The van der Waals surface area contributed by atoms with E-state index >= 15 is 0 Å². The maximum atomic E-state index is 12.6. The lowest BCUT2D eigenvalue weighted by Gasteiger charge is -2.20. The monoisotopic (exact) mass is 357 g/mol. The molecule has 1 N–H and O–H groups in total. The average Bonchev–Trinajstić information content (AvgIpc) is 2.57. The molecule has 1 heterocycles. The lowest BCUT2D eigenvalue weighted by molar-refractivity contribution is -0.115. The van der Waals surface area contributed by atoms with Crippen molar-refractivity contribution >= 4 is 23.4 Å². The Labute approximate surface area is 152 Å². The highest BCUT2D eigenvalue weighted by Gasteiger charge is 2.18. The van der Waals surface area contributed by atoms with Crippen LogP contribution in [-0.4, -0.2) is 24.4 Å². The number of carbonyl (C=O) groups excluding carboxylic acids is 1. The van der Waals surface area contributed by atoms with Gasteiger partial charge in [-0.05, 0) is 57.0 Å². The standard InChI is InChI=1S/C20H23NO3S/c1-12-9-13(2)19(14(3)10-12)21-20(22)15(4)25-16-5-6-17-18(11-16)24-8-7-23-17/h5-6,9-11,15H,7-8H2,1-4H3,(H,21,22). The van der Waals surface area contributed by atoms with Crippen molar-refractivity contribution in [1.82, 2.24) is 0 Å². The molecule has 132 valence electrons. The number of hydrogen-bond acceptors (Lipinski definition) is 4. The van der Waals surface area contributed by atoms with Gasteiger partial charge < -0.3 is 14.8 Å². The van der Waals surface area contributed by atoms with Crippen LogP contribution in [0.1, 0.15) is 23.6 Å². The molecule has 0 aliphatic carbocycles. The number of rotatable bonds is 4. The van der Waals surface area contributed by atoms with Gasteiger partial charge in [0.15, 0.2) is 11.5 Å². The fraction of sp³-hybridized carbons (Fsp3) is 0.350. The van der Waals surface area contributed by atoms with Crippen molar-refractivity contribution in [3.8, 4) is 11.5 Å². The number of carbonyl (C=O) groups is 1. The maximum absolute atomic E-state index is 12.6. The first kappa shape index (κ1) is 17.7. The highest BCUT2D eigenvalue weighted by Crippen LogP contribution is 2.35. The molecule has 1 unspecified atom stereocenters. The van der Waals surface area contributed by atoms with Gasteiger partial charge in [-0.2, -0.15) is 0 Å². The van der Waals surface area contributed by atoms with Gasteiger partial charge in [-0.1, -0.05) is 17.7 Å². The second-order valence-electron chi connectivity index (χ2n) is 6.33. The number of benzene rings is 2. The Kier molecular flexibility index (Phi) is 5.23. The van der Waals surface area contributed by atoms with Crippen LogP contribution in [-0.2, 0) is 4.79 Å². The van der Waals surface area contributed by atoms with E-state index in [0.717, 1.165) is 33.2 Å². The topological polar surface area (TPSA) is 47.6 Å². The lowest BCUT2D eigenvalue weighted by Crippen LogP contribution is -2.23. The summed E-state index contributed by atoms with van der Waals surface area (Å²) < 4.78 is 11.1. The second kappa shape index (κ2) is 7.40. The van der Waals surface area contributed by atoms with Crippen molar-refractivity contribution in [2.24, 2.45) is 0 Å². The van der Waals surface area contributed by atoms with E-state index in [0.29, 0.717) is 13.2 Å². The maximum Gasteiger partial charge on any atom is 0.237 e. The first-order valence-electron chi connectivity index (χ1n) is 8.39. The molecule has 0 saturated carbocycles. The summed E-state index contributed by atoms with van der Waals surface area (Å²) >= 11 is 1.51. The molecule has 1 aliphatic heterocycles. The molecule has 0 radical (unpaired) electrons. The zero-order chi connectivity index (χ0) is 18.0. The van der Waals surface area contributed by atoms with Gasteiger partial charge in [0.1, 0.15) is 13.2 Å². The van der Waals surface area contributed by atoms with Gasteiger partial charge in [-0.25, -0.2) is 0 Å². The summed E-state index contributed by atoms with van der Waals surface area (Å²) in [7, 11) is 0. The molecule has 1 amide bonds. The van der Waals surface area contributed by atoms with Gasteiger partial charge in [0.25, 0.3) is 0 Å². The Balaban J connectivity index is 1.69. The van der Waals surface area contributed by atoms with Crippen LogP contribution in [0.15, 0.2) is 35.2 Å². The Bertz CT molecular complexity index is 781. The minimum atomic E-state index is -0.220. The van der Waals surface area contributed by atoms with Crippen LogP contribution < -0.4 is 14.8 Å². The van der Waals surface area contributed by atoms with Crippen molar-refractivity contribution in [3.63, 3.8) is 0 Å². The molecule has 0 fully saturated rings. The summed E-state index contributed by atoms with van der Waals surface area (Å²) in [6.45, 7) is 9.15. The number of anilines is 1. The summed E-state index contributed by atoms with van der Waals surface area (Å²) in [5.74, 6) is 1.50. The highest BCUT2D eigenvalue weighted by atomic mass is 32.2. The lowest BCUT2D eigenvalue weighted by atomic mass is 10.1. The summed E-state index contributed by atoms with van der Waals surface area (Å²) in [4.78, 5) is 13.6. The third-order valence-corrected chi connectivity index (χ3v) is 5.21. The third kappa shape index (κ3) is 4.10. The van der Waals surface area contributed by atoms with E-state index < -0.39 is 0 Å². The third-order valence-electron chi connectivity index (χ3n) is 4.12. The Hall–Kier alpha value is -2.14. The van der Waals surface area contributed by atoms with Gasteiger partial charge in [0.2, 0.25) is 5.91 Å². The normalized spacial score (nSPS) is 14.1. The molecule has 3 rings (SSSR count). The van der Waals surface area contributed by atoms with Crippen LogP contribution in [0.4, 0.5) is 5.69 Å². The fourth-order valence-electron chi connectivity index (χ4n) is 2.96.